The minimum Gasteiger partial charge on any atom is -0.614 e. The highest BCUT2D eigenvalue weighted by Crippen LogP contribution is 2.37. The van der Waals surface area contributed by atoms with Gasteiger partial charge in [0.1, 0.15) is 18.1 Å². The number of fused-ring (bicyclic) bond motifs is 1. The number of nitrogens with zero attached hydrogens (tertiary/aromatic N) is 1. The van der Waals surface area contributed by atoms with E-state index >= 15 is 0 Å². The third-order valence-corrected chi connectivity index (χ3v) is 6.21. The zero-order chi connectivity index (χ0) is 21.1. The zero-order valence-corrected chi connectivity index (χ0v) is 16.7. The van der Waals surface area contributed by atoms with Crippen molar-refractivity contribution in [3.63, 3.8) is 0 Å². The molecule has 1 aromatic rings. The molecule has 9 nitrogen and oxygen atoms in total. The van der Waals surface area contributed by atoms with Crippen LogP contribution in [0.2, 0.25) is 0 Å². The van der Waals surface area contributed by atoms with Crippen LogP contribution in [0.25, 0.3) is 0 Å². The Bertz CT molecular complexity index is 876. The average Bonchev–Trinajstić information content (AvgIpc) is 2.70. The lowest BCUT2D eigenvalue weighted by Crippen LogP contribution is -2.75. The van der Waals surface area contributed by atoms with E-state index in [1.54, 1.807) is 24.3 Å². The van der Waals surface area contributed by atoms with E-state index in [4.69, 9.17) is 9.39 Å². The van der Waals surface area contributed by atoms with Crippen molar-refractivity contribution in [3.8, 4) is 0 Å². The van der Waals surface area contributed by atoms with Gasteiger partial charge in [0.2, 0.25) is 11.3 Å². The highest BCUT2D eigenvalue weighted by atomic mass is 32.2. The molecule has 152 valence electrons. The van der Waals surface area contributed by atoms with E-state index in [1.807, 2.05) is 6.07 Å². The lowest BCUT2D eigenvalue weighted by atomic mass is 10.0. The number of rotatable bonds is 6. The van der Waals surface area contributed by atoms with Gasteiger partial charge in [0.25, 0.3) is 5.91 Å². The summed E-state index contributed by atoms with van der Waals surface area (Å²) in [5.74, 6) is -2.39. The molecule has 2 heterocycles. The molecule has 1 fully saturated rings. The topological polar surface area (TPSA) is 125 Å². The number of hydrogen-bond donors (Lipinski definition) is 1. The van der Waals surface area contributed by atoms with Crippen LogP contribution in [-0.2, 0) is 46.2 Å². The van der Waals surface area contributed by atoms with Gasteiger partial charge in [-0.3, -0.25) is 19.3 Å². The van der Waals surface area contributed by atoms with Crippen molar-refractivity contribution in [2.75, 3.05) is 12.4 Å². The fraction of sp³-hybridized carbons (Fsp3) is 0.333. The van der Waals surface area contributed by atoms with E-state index in [0.29, 0.717) is 0 Å². The monoisotopic (exact) mass is 418 g/mol. The fourth-order valence-electron chi connectivity index (χ4n) is 3.24. The van der Waals surface area contributed by atoms with Crippen molar-refractivity contribution in [1.82, 2.24) is 10.2 Å². The summed E-state index contributed by atoms with van der Waals surface area (Å²) >= 11 is -1.59. The Labute approximate surface area is 171 Å². The quantitative estimate of drug-likeness (QED) is 0.259. The van der Waals surface area contributed by atoms with Gasteiger partial charge in [0.15, 0.2) is 6.04 Å². The van der Waals surface area contributed by atoms with Gasteiger partial charge in [-0.25, -0.2) is 4.79 Å². The van der Waals surface area contributed by atoms with Crippen LogP contribution in [0.15, 0.2) is 41.6 Å². The number of carbonyl (C=O) groups is 4. The number of benzene rings is 1. The molecule has 1 aromatic carbocycles. The van der Waals surface area contributed by atoms with Gasteiger partial charge >= 0.3 is 20.0 Å². The molecule has 3 atom stereocenters. The Hall–Kier alpha value is -2.79. The summed E-state index contributed by atoms with van der Waals surface area (Å²) in [6, 6.07) is 8.00. The van der Waals surface area contributed by atoms with Crippen LogP contribution in [0.3, 0.4) is 0 Å². The van der Waals surface area contributed by atoms with E-state index in [9.17, 15) is 23.7 Å². The molecule has 0 saturated carbocycles. The van der Waals surface area contributed by atoms with E-state index in [1.165, 1.54) is 6.92 Å². The molecule has 2 aliphatic rings. The van der Waals surface area contributed by atoms with Gasteiger partial charge in [0, 0.05) is 12.5 Å². The fourth-order valence-corrected chi connectivity index (χ4v) is 4.91. The summed E-state index contributed by atoms with van der Waals surface area (Å²) in [6.45, 7) is 0.932. The van der Waals surface area contributed by atoms with E-state index in [0.717, 1.165) is 18.5 Å². The van der Waals surface area contributed by atoms with Crippen LogP contribution in [0.1, 0.15) is 12.5 Å². The number of ether oxygens (including phenoxy) is 1. The lowest BCUT2D eigenvalue weighted by molar-refractivity contribution is -0.150. The summed E-state index contributed by atoms with van der Waals surface area (Å²) in [4.78, 5) is 49.4. The number of β-lactam (4-membered cyclic amide) rings is 1. The normalized spacial score (nSPS) is 23.0. The minimum atomic E-state index is -1.59. The van der Waals surface area contributed by atoms with E-state index in [-0.39, 0.29) is 36.0 Å². The molecule has 2 aliphatic heterocycles. The summed E-state index contributed by atoms with van der Waals surface area (Å²) in [5.41, 5.74) is 0.929. The Morgan fingerprint density at radius 1 is 1.31 bits per heavy atom. The SMILES string of the molecule is BOC(=O)C1=C(COC(C)=O)C[S+]([O-])[C@@H]2[C@H](NC(=O)Cc3ccccc3)C(=O)N12. The van der Waals surface area contributed by atoms with E-state index < -0.39 is 40.4 Å². The molecular formula is C18H19BN2O7S. The maximum Gasteiger partial charge on any atom is 0.337 e. The van der Waals surface area contributed by atoms with Crippen molar-refractivity contribution in [3.05, 3.63) is 47.2 Å². The number of carbonyl (C=O) groups excluding carboxylic acids is 4. The highest BCUT2D eigenvalue weighted by molar-refractivity contribution is 7.92. The summed E-state index contributed by atoms with van der Waals surface area (Å²) in [7, 11) is 1.16. The average molecular weight is 418 g/mol. The van der Waals surface area contributed by atoms with Gasteiger partial charge in [-0.1, -0.05) is 30.3 Å². The van der Waals surface area contributed by atoms with Crippen molar-refractivity contribution in [1.29, 1.82) is 0 Å². The van der Waals surface area contributed by atoms with Crippen LogP contribution in [0.4, 0.5) is 0 Å². The zero-order valence-electron chi connectivity index (χ0n) is 15.9. The van der Waals surface area contributed by atoms with Crippen LogP contribution in [0, 0.1) is 0 Å². The van der Waals surface area contributed by atoms with Gasteiger partial charge in [-0.05, 0) is 16.7 Å². The first kappa shape index (κ1) is 20.9. The second kappa shape index (κ2) is 8.70. The van der Waals surface area contributed by atoms with Gasteiger partial charge in [0.05, 0.1) is 6.42 Å². The minimum absolute atomic E-state index is 0.0708. The van der Waals surface area contributed by atoms with Gasteiger partial charge in [-0.15, -0.1) is 0 Å². The first-order valence-electron chi connectivity index (χ1n) is 8.80. The third-order valence-electron chi connectivity index (χ3n) is 4.56. The smallest absolute Gasteiger partial charge is 0.337 e. The first-order valence-corrected chi connectivity index (χ1v) is 10.2. The summed E-state index contributed by atoms with van der Waals surface area (Å²) in [5, 5.41) is 1.73. The molecule has 2 amide bonds. The molecular weight excluding hydrogens is 399 g/mol. The van der Waals surface area contributed by atoms with Crippen molar-refractivity contribution >= 4 is 43.0 Å². The standard InChI is InChI=1S/C18H19BN2O7S/c1-10(22)27-8-12-9-29(26)17-14(16(24)21(17)15(12)18(25)28-19)20-13(23)7-11-5-3-2-4-6-11/h2-6,14,17H,7-9,19H2,1H3,(H,20,23)/t14-,17-,29?/m1/s1. The molecule has 1 unspecified atom stereocenters. The maximum absolute atomic E-state index is 12.7. The largest absolute Gasteiger partial charge is 0.614 e. The molecule has 1 N–H and O–H groups in total. The summed E-state index contributed by atoms with van der Waals surface area (Å²) < 4.78 is 22.4. The molecule has 3 rings (SSSR count). The van der Waals surface area contributed by atoms with Gasteiger partial charge in [-0.2, -0.15) is 0 Å². The number of nitrogens with one attached hydrogen (secondary N) is 1. The summed E-state index contributed by atoms with van der Waals surface area (Å²) in [6.07, 6.45) is 0.0708. The maximum atomic E-state index is 12.7. The predicted octanol–water partition coefficient (Wildman–Crippen LogP) is -1.45. The Morgan fingerprint density at radius 3 is 2.62 bits per heavy atom. The molecule has 1 saturated heterocycles. The molecule has 0 bridgehead atoms. The molecule has 0 aromatic heterocycles. The van der Waals surface area contributed by atoms with Crippen LogP contribution in [-0.4, -0.2) is 65.0 Å². The predicted molar refractivity (Wildman–Crippen MR) is 104 cm³/mol. The number of esters is 1. The Morgan fingerprint density at radius 2 is 2.00 bits per heavy atom. The lowest BCUT2D eigenvalue weighted by Gasteiger charge is -2.49. The second-order valence-corrected chi connectivity index (χ2v) is 8.09. The van der Waals surface area contributed by atoms with E-state index in [2.05, 4.69) is 5.32 Å². The van der Waals surface area contributed by atoms with Crippen LogP contribution in [0.5, 0.6) is 0 Å². The molecule has 0 spiro atoms. The number of hydrogen-bond acceptors (Lipinski definition) is 7. The number of amides is 2. The van der Waals surface area contributed by atoms with Crippen molar-refractivity contribution < 1.29 is 33.1 Å². The molecule has 11 heteroatoms. The Balaban J connectivity index is 1.77. The molecule has 29 heavy (non-hydrogen) atoms. The van der Waals surface area contributed by atoms with Crippen molar-refractivity contribution in [2.24, 2.45) is 0 Å². The molecule has 0 aliphatic carbocycles. The third kappa shape index (κ3) is 4.30. The first-order chi connectivity index (χ1) is 13.8. The molecule has 0 radical (unpaired) electrons. The second-order valence-electron chi connectivity index (χ2n) is 6.56. The Kier molecular flexibility index (Phi) is 6.28. The highest BCUT2D eigenvalue weighted by Gasteiger charge is 2.61. The van der Waals surface area contributed by atoms with Crippen molar-refractivity contribution in [2.45, 2.75) is 24.8 Å². The van der Waals surface area contributed by atoms with Gasteiger partial charge < -0.3 is 19.3 Å². The van der Waals surface area contributed by atoms with Crippen LogP contribution < -0.4 is 5.32 Å². The van der Waals surface area contributed by atoms with Crippen LogP contribution >= 0.6 is 0 Å².